The van der Waals surface area contributed by atoms with Crippen molar-refractivity contribution < 1.29 is 4.79 Å². The molecule has 2 atom stereocenters. The Labute approximate surface area is 93.6 Å². The van der Waals surface area contributed by atoms with Crippen molar-refractivity contribution in [1.82, 2.24) is 5.32 Å². The lowest BCUT2D eigenvalue weighted by molar-refractivity contribution is -0.124. The van der Waals surface area contributed by atoms with Crippen LogP contribution >= 0.6 is 11.6 Å². The third-order valence-corrected chi connectivity index (χ3v) is 3.88. The van der Waals surface area contributed by atoms with Gasteiger partial charge in [-0.05, 0) is 36.5 Å². The lowest BCUT2D eigenvalue weighted by Crippen LogP contribution is -2.26. The number of rotatable bonds is 2. The summed E-state index contributed by atoms with van der Waals surface area (Å²) in [7, 11) is 0. The van der Waals surface area contributed by atoms with Gasteiger partial charge in [0, 0.05) is 11.6 Å². The Kier molecular flexibility index (Phi) is 1.84. The highest BCUT2D eigenvalue weighted by Gasteiger charge is 2.63. The molecule has 3 rings (SSSR count). The zero-order valence-corrected chi connectivity index (χ0v) is 9.05. The summed E-state index contributed by atoms with van der Waals surface area (Å²) < 4.78 is 0. The van der Waals surface area contributed by atoms with Crippen LogP contribution in [-0.2, 0) is 11.2 Å². The van der Waals surface area contributed by atoms with Crippen LogP contribution in [0.2, 0.25) is 5.02 Å². The van der Waals surface area contributed by atoms with Gasteiger partial charge in [0.2, 0.25) is 5.91 Å². The molecular weight excluding hydrogens is 210 g/mol. The Morgan fingerprint density at radius 2 is 2.13 bits per heavy atom. The summed E-state index contributed by atoms with van der Waals surface area (Å²) in [6.07, 6.45) is 1.92. The monoisotopic (exact) mass is 221 g/mol. The Morgan fingerprint density at radius 3 is 2.67 bits per heavy atom. The average Bonchev–Trinajstić information content (AvgIpc) is 2.86. The summed E-state index contributed by atoms with van der Waals surface area (Å²) in [5, 5.41) is 3.68. The van der Waals surface area contributed by atoms with E-state index in [0.717, 1.165) is 24.4 Å². The molecule has 1 saturated heterocycles. The Morgan fingerprint density at radius 1 is 1.40 bits per heavy atom. The molecule has 1 amide bonds. The first-order chi connectivity index (χ1) is 7.21. The molecule has 1 N–H and O–H groups in total. The van der Waals surface area contributed by atoms with Gasteiger partial charge in [-0.3, -0.25) is 4.79 Å². The number of hydrogen-bond donors (Lipinski definition) is 1. The van der Waals surface area contributed by atoms with Crippen molar-refractivity contribution >= 4 is 17.5 Å². The van der Waals surface area contributed by atoms with Crippen LogP contribution in [0.5, 0.6) is 0 Å². The molecule has 1 aliphatic carbocycles. The van der Waals surface area contributed by atoms with Gasteiger partial charge in [0.15, 0.2) is 0 Å². The number of hydrogen-bond acceptors (Lipinski definition) is 1. The van der Waals surface area contributed by atoms with E-state index in [9.17, 15) is 4.79 Å². The van der Waals surface area contributed by atoms with Gasteiger partial charge in [0.1, 0.15) is 0 Å². The van der Waals surface area contributed by atoms with E-state index >= 15 is 0 Å². The average molecular weight is 222 g/mol. The highest BCUT2D eigenvalue weighted by Crippen LogP contribution is 2.57. The number of piperidine rings is 1. The second-order valence-electron chi connectivity index (χ2n) is 4.57. The zero-order valence-electron chi connectivity index (χ0n) is 8.29. The molecule has 0 bridgehead atoms. The number of nitrogens with one attached hydrogen (secondary N) is 1. The van der Waals surface area contributed by atoms with Crippen LogP contribution in [0, 0.1) is 11.3 Å². The van der Waals surface area contributed by atoms with Gasteiger partial charge >= 0.3 is 0 Å². The molecule has 0 spiro atoms. The first-order valence-electron chi connectivity index (χ1n) is 5.23. The maximum atomic E-state index is 11.7. The van der Waals surface area contributed by atoms with Gasteiger partial charge in [-0.15, -0.1) is 0 Å². The number of carbonyl (C=O) groups excluding carboxylic acids is 1. The first-order valence-corrected chi connectivity index (χ1v) is 5.61. The molecule has 1 aromatic carbocycles. The largest absolute Gasteiger partial charge is 0.355 e. The van der Waals surface area contributed by atoms with Gasteiger partial charge in [-0.2, -0.15) is 0 Å². The molecule has 2 fully saturated rings. The van der Waals surface area contributed by atoms with Crippen molar-refractivity contribution in [1.29, 1.82) is 0 Å². The van der Waals surface area contributed by atoms with Crippen LogP contribution in [0.15, 0.2) is 24.3 Å². The molecule has 2 aliphatic rings. The van der Waals surface area contributed by atoms with E-state index in [4.69, 9.17) is 11.6 Å². The summed E-state index contributed by atoms with van der Waals surface area (Å²) in [6.45, 7) is 0.867. The third-order valence-electron chi connectivity index (χ3n) is 3.63. The van der Waals surface area contributed by atoms with Crippen LogP contribution in [0.3, 0.4) is 0 Å². The molecule has 2 unspecified atom stereocenters. The maximum absolute atomic E-state index is 11.7. The van der Waals surface area contributed by atoms with Crippen molar-refractivity contribution in [3.8, 4) is 0 Å². The fourth-order valence-corrected chi connectivity index (χ4v) is 2.71. The van der Waals surface area contributed by atoms with Crippen LogP contribution < -0.4 is 5.32 Å². The zero-order chi connectivity index (χ0) is 10.5. The minimum Gasteiger partial charge on any atom is -0.355 e. The molecule has 1 heterocycles. The second kappa shape index (κ2) is 2.99. The smallest absolute Gasteiger partial charge is 0.226 e. The van der Waals surface area contributed by atoms with E-state index in [-0.39, 0.29) is 11.3 Å². The molecule has 0 aromatic heterocycles. The number of benzene rings is 1. The number of amides is 1. The minimum atomic E-state index is -0.0756. The maximum Gasteiger partial charge on any atom is 0.226 e. The SMILES string of the molecule is O=C1NCC2CC12Cc1ccc(Cl)cc1. The first kappa shape index (κ1) is 9.22. The van der Waals surface area contributed by atoms with Crippen LogP contribution in [0.4, 0.5) is 0 Å². The highest BCUT2D eigenvalue weighted by atomic mass is 35.5. The van der Waals surface area contributed by atoms with E-state index in [1.165, 1.54) is 5.56 Å². The highest BCUT2D eigenvalue weighted by molar-refractivity contribution is 6.30. The van der Waals surface area contributed by atoms with E-state index < -0.39 is 0 Å². The molecular formula is C12H12ClNO. The summed E-state index contributed by atoms with van der Waals surface area (Å²) >= 11 is 5.82. The van der Waals surface area contributed by atoms with Gasteiger partial charge < -0.3 is 5.32 Å². The molecule has 1 aromatic rings. The van der Waals surface area contributed by atoms with Crippen molar-refractivity contribution in [2.45, 2.75) is 12.8 Å². The topological polar surface area (TPSA) is 29.1 Å². The fraction of sp³-hybridized carbons (Fsp3) is 0.417. The molecule has 0 radical (unpaired) electrons. The number of carbonyl (C=O) groups is 1. The van der Waals surface area contributed by atoms with Crippen molar-refractivity contribution in [2.75, 3.05) is 6.54 Å². The normalized spacial score (nSPS) is 32.3. The molecule has 3 heteroatoms. The van der Waals surface area contributed by atoms with E-state index in [0.29, 0.717) is 5.92 Å². The lowest BCUT2D eigenvalue weighted by atomic mass is 9.95. The van der Waals surface area contributed by atoms with Crippen molar-refractivity contribution in [3.05, 3.63) is 34.9 Å². The lowest BCUT2D eigenvalue weighted by Gasteiger charge is -2.09. The number of fused-ring (bicyclic) bond motifs is 1. The molecule has 1 aliphatic heterocycles. The van der Waals surface area contributed by atoms with Crippen LogP contribution in [0.1, 0.15) is 12.0 Å². The predicted octanol–water partition coefficient (Wildman–Crippen LogP) is 2.02. The Hall–Kier alpha value is -1.02. The van der Waals surface area contributed by atoms with Crippen LogP contribution in [0.25, 0.3) is 0 Å². The third kappa shape index (κ3) is 1.36. The summed E-state index contributed by atoms with van der Waals surface area (Å²) in [5.74, 6) is 0.808. The summed E-state index contributed by atoms with van der Waals surface area (Å²) in [4.78, 5) is 11.7. The van der Waals surface area contributed by atoms with Gasteiger partial charge in [0.05, 0.1) is 5.41 Å². The van der Waals surface area contributed by atoms with Crippen molar-refractivity contribution in [2.24, 2.45) is 11.3 Å². The summed E-state index contributed by atoms with van der Waals surface area (Å²) in [6, 6.07) is 7.80. The fourth-order valence-electron chi connectivity index (χ4n) is 2.58. The predicted molar refractivity (Wildman–Crippen MR) is 58.7 cm³/mol. The standard InChI is InChI=1S/C12H12ClNO/c13-10-3-1-8(2-4-10)5-12-6-9(12)7-14-11(12)15/h1-4,9H,5-7H2,(H,14,15). The van der Waals surface area contributed by atoms with E-state index in [1.807, 2.05) is 24.3 Å². The quantitative estimate of drug-likeness (QED) is 0.814. The molecule has 15 heavy (non-hydrogen) atoms. The number of halogens is 1. The summed E-state index contributed by atoms with van der Waals surface area (Å²) in [5.41, 5.74) is 1.13. The molecule has 1 saturated carbocycles. The van der Waals surface area contributed by atoms with E-state index in [1.54, 1.807) is 0 Å². The second-order valence-corrected chi connectivity index (χ2v) is 5.01. The van der Waals surface area contributed by atoms with Gasteiger partial charge in [0.25, 0.3) is 0 Å². The Balaban J connectivity index is 1.81. The molecule has 78 valence electrons. The minimum absolute atomic E-state index is 0.0756. The van der Waals surface area contributed by atoms with Gasteiger partial charge in [-0.25, -0.2) is 0 Å². The Bertz CT molecular complexity index is 414. The van der Waals surface area contributed by atoms with Crippen molar-refractivity contribution in [3.63, 3.8) is 0 Å². The van der Waals surface area contributed by atoms with Crippen LogP contribution in [-0.4, -0.2) is 12.5 Å². The van der Waals surface area contributed by atoms with Gasteiger partial charge in [-0.1, -0.05) is 23.7 Å². The van der Waals surface area contributed by atoms with E-state index in [2.05, 4.69) is 5.32 Å². The molecule has 2 nitrogen and oxygen atoms in total.